The van der Waals surface area contributed by atoms with Gasteiger partial charge in [-0.25, -0.2) is 14.3 Å². The van der Waals surface area contributed by atoms with Gasteiger partial charge in [-0.05, 0) is 19.9 Å². The number of hydrogen-bond donors (Lipinski definition) is 1. The van der Waals surface area contributed by atoms with E-state index in [2.05, 4.69) is 20.1 Å². The van der Waals surface area contributed by atoms with Gasteiger partial charge < -0.3 is 10.1 Å². The number of esters is 1. The Hall–Kier alpha value is -2.11. The normalized spacial score (nSPS) is 12.4. The Morgan fingerprint density at radius 2 is 2.35 bits per heavy atom. The van der Waals surface area contributed by atoms with Crippen LogP contribution in [0.2, 0.25) is 0 Å². The van der Waals surface area contributed by atoms with Crippen molar-refractivity contribution in [2.45, 2.75) is 19.9 Å². The molecule has 0 aliphatic rings. The van der Waals surface area contributed by atoms with Gasteiger partial charge in [0.25, 0.3) is 0 Å². The number of carbonyl (C=O) groups excluding carboxylic acids is 1. The van der Waals surface area contributed by atoms with Crippen molar-refractivity contribution in [1.82, 2.24) is 14.6 Å². The second kappa shape index (κ2) is 4.40. The van der Waals surface area contributed by atoms with Crippen LogP contribution in [0, 0.1) is 6.92 Å². The molecule has 0 spiro atoms. The fourth-order valence-electron chi connectivity index (χ4n) is 1.60. The largest absolute Gasteiger partial charge is 0.467 e. The predicted molar refractivity (Wildman–Crippen MR) is 62.8 cm³/mol. The molecule has 0 amide bonds. The summed E-state index contributed by atoms with van der Waals surface area (Å²) in [6, 6.07) is 1.45. The molecule has 0 aliphatic carbocycles. The Morgan fingerprint density at radius 3 is 3.06 bits per heavy atom. The van der Waals surface area contributed by atoms with Crippen LogP contribution in [0.25, 0.3) is 5.52 Å². The molecule has 0 saturated heterocycles. The Morgan fingerprint density at radius 1 is 1.59 bits per heavy atom. The van der Waals surface area contributed by atoms with E-state index >= 15 is 0 Å². The first-order chi connectivity index (χ1) is 8.11. The van der Waals surface area contributed by atoms with E-state index in [0.29, 0.717) is 5.82 Å². The van der Waals surface area contributed by atoms with E-state index in [-0.39, 0.29) is 5.97 Å². The molecule has 17 heavy (non-hydrogen) atoms. The van der Waals surface area contributed by atoms with Crippen molar-refractivity contribution >= 4 is 17.3 Å². The third-order valence-electron chi connectivity index (χ3n) is 2.42. The zero-order chi connectivity index (χ0) is 12.4. The summed E-state index contributed by atoms with van der Waals surface area (Å²) in [4.78, 5) is 15.5. The van der Waals surface area contributed by atoms with Gasteiger partial charge in [0.15, 0.2) is 5.82 Å². The van der Waals surface area contributed by atoms with Crippen molar-refractivity contribution in [3.63, 3.8) is 0 Å². The molecule has 2 rings (SSSR count). The van der Waals surface area contributed by atoms with Crippen LogP contribution in [0.3, 0.4) is 0 Å². The summed E-state index contributed by atoms with van der Waals surface area (Å²) in [6.45, 7) is 3.63. The van der Waals surface area contributed by atoms with Crippen molar-refractivity contribution in [3.8, 4) is 0 Å². The van der Waals surface area contributed by atoms with Crippen LogP contribution >= 0.6 is 0 Å². The molecule has 0 fully saturated rings. The monoisotopic (exact) mass is 234 g/mol. The van der Waals surface area contributed by atoms with Crippen LogP contribution in [0.1, 0.15) is 12.6 Å². The second-order valence-corrected chi connectivity index (χ2v) is 3.78. The highest BCUT2D eigenvalue weighted by Crippen LogP contribution is 2.15. The molecule has 1 atom stereocenters. The van der Waals surface area contributed by atoms with Crippen molar-refractivity contribution < 1.29 is 9.53 Å². The van der Waals surface area contributed by atoms with Crippen LogP contribution in [0.5, 0.6) is 0 Å². The van der Waals surface area contributed by atoms with E-state index in [9.17, 15) is 4.79 Å². The average molecular weight is 234 g/mol. The SMILES string of the molecule is COC(=O)C(C)Nc1nccn2nc(C)cc12. The van der Waals surface area contributed by atoms with Crippen molar-refractivity contribution in [2.75, 3.05) is 12.4 Å². The van der Waals surface area contributed by atoms with Gasteiger partial charge in [-0.3, -0.25) is 0 Å². The van der Waals surface area contributed by atoms with E-state index < -0.39 is 6.04 Å². The van der Waals surface area contributed by atoms with Crippen LogP contribution < -0.4 is 5.32 Å². The molecule has 1 N–H and O–H groups in total. The second-order valence-electron chi connectivity index (χ2n) is 3.78. The molecule has 1 unspecified atom stereocenters. The maximum Gasteiger partial charge on any atom is 0.328 e. The van der Waals surface area contributed by atoms with Gasteiger partial charge in [0.05, 0.1) is 12.8 Å². The standard InChI is InChI=1S/C11H14N4O2/c1-7-6-9-10(12-4-5-15(9)14-7)13-8(2)11(16)17-3/h4-6,8H,1-3H3,(H,12,13). The molecule has 2 aromatic rings. The van der Waals surface area contributed by atoms with Gasteiger partial charge in [-0.1, -0.05) is 0 Å². The third-order valence-corrected chi connectivity index (χ3v) is 2.42. The van der Waals surface area contributed by atoms with E-state index in [0.717, 1.165) is 11.2 Å². The van der Waals surface area contributed by atoms with E-state index in [1.807, 2.05) is 13.0 Å². The molecule has 6 nitrogen and oxygen atoms in total. The van der Waals surface area contributed by atoms with Crippen molar-refractivity contribution in [3.05, 3.63) is 24.2 Å². The number of aryl methyl sites for hydroxylation is 1. The fourth-order valence-corrected chi connectivity index (χ4v) is 1.60. The van der Waals surface area contributed by atoms with Gasteiger partial charge in [0, 0.05) is 12.4 Å². The summed E-state index contributed by atoms with van der Waals surface area (Å²) in [5, 5.41) is 7.27. The first kappa shape index (κ1) is 11.4. The number of anilines is 1. The summed E-state index contributed by atoms with van der Waals surface area (Å²) in [5.74, 6) is 0.288. The summed E-state index contributed by atoms with van der Waals surface area (Å²) >= 11 is 0. The molecular weight excluding hydrogens is 220 g/mol. The van der Waals surface area contributed by atoms with Crippen molar-refractivity contribution in [1.29, 1.82) is 0 Å². The van der Waals surface area contributed by atoms with Gasteiger partial charge in [-0.15, -0.1) is 0 Å². The number of methoxy groups -OCH3 is 1. The maximum atomic E-state index is 11.3. The minimum absolute atomic E-state index is 0.329. The van der Waals surface area contributed by atoms with Crippen molar-refractivity contribution in [2.24, 2.45) is 0 Å². The smallest absolute Gasteiger partial charge is 0.328 e. The van der Waals surface area contributed by atoms with E-state index in [4.69, 9.17) is 0 Å². The predicted octanol–water partition coefficient (Wildman–Crippen LogP) is 1.01. The molecule has 90 valence electrons. The zero-order valence-electron chi connectivity index (χ0n) is 9.97. The molecule has 0 aliphatic heterocycles. The van der Waals surface area contributed by atoms with Gasteiger partial charge in [0.2, 0.25) is 0 Å². The molecule has 2 aromatic heterocycles. The van der Waals surface area contributed by atoms with Gasteiger partial charge in [0.1, 0.15) is 11.6 Å². The Bertz CT molecular complexity index is 549. The lowest BCUT2D eigenvalue weighted by atomic mass is 10.3. The Kier molecular flexibility index (Phi) is 2.95. The minimum atomic E-state index is -0.450. The van der Waals surface area contributed by atoms with E-state index in [1.165, 1.54) is 7.11 Å². The number of nitrogens with zero attached hydrogens (tertiary/aromatic N) is 3. The number of nitrogens with one attached hydrogen (secondary N) is 1. The first-order valence-corrected chi connectivity index (χ1v) is 5.27. The molecule has 2 heterocycles. The molecular formula is C11H14N4O2. The number of aromatic nitrogens is 3. The van der Waals surface area contributed by atoms with Gasteiger partial charge >= 0.3 is 5.97 Å². The average Bonchev–Trinajstić information content (AvgIpc) is 2.69. The number of fused-ring (bicyclic) bond motifs is 1. The van der Waals surface area contributed by atoms with Crippen LogP contribution in [-0.2, 0) is 9.53 Å². The first-order valence-electron chi connectivity index (χ1n) is 5.27. The zero-order valence-corrected chi connectivity index (χ0v) is 9.97. The highest BCUT2D eigenvalue weighted by Gasteiger charge is 2.15. The quantitative estimate of drug-likeness (QED) is 0.803. The lowest BCUT2D eigenvalue weighted by molar-refractivity contribution is -0.141. The maximum absolute atomic E-state index is 11.3. The Labute approximate surface area is 98.6 Å². The summed E-state index contributed by atoms with van der Waals surface area (Å²) in [7, 11) is 1.36. The van der Waals surface area contributed by atoms with Gasteiger partial charge in [-0.2, -0.15) is 5.10 Å². The summed E-state index contributed by atoms with van der Waals surface area (Å²) in [5.41, 5.74) is 1.73. The highest BCUT2D eigenvalue weighted by molar-refractivity contribution is 5.80. The summed E-state index contributed by atoms with van der Waals surface area (Å²) in [6.07, 6.45) is 3.39. The molecule has 6 heteroatoms. The van der Waals surface area contributed by atoms with E-state index in [1.54, 1.807) is 23.8 Å². The lowest BCUT2D eigenvalue weighted by Crippen LogP contribution is -2.27. The number of rotatable bonds is 3. The molecule has 0 aromatic carbocycles. The third kappa shape index (κ3) is 2.20. The fraction of sp³-hybridized carbons (Fsp3) is 0.364. The minimum Gasteiger partial charge on any atom is -0.467 e. The number of hydrogen-bond acceptors (Lipinski definition) is 5. The van der Waals surface area contributed by atoms with Crippen LogP contribution in [0.15, 0.2) is 18.5 Å². The van der Waals surface area contributed by atoms with Crippen LogP contribution in [-0.4, -0.2) is 33.7 Å². The number of carbonyl (C=O) groups is 1. The van der Waals surface area contributed by atoms with Crippen LogP contribution in [0.4, 0.5) is 5.82 Å². The topological polar surface area (TPSA) is 68.5 Å². The Balaban J connectivity index is 2.32. The molecule has 0 saturated carbocycles. The number of ether oxygens (including phenoxy) is 1. The lowest BCUT2D eigenvalue weighted by Gasteiger charge is -2.12. The highest BCUT2D eigenvalue weighted by atomic mass is 16.5. The summed E-state index contributed by atoms with van der Waals surface area (Å²) < 4.78 is 6.37. The molecule has 0 radical (unpaired) electrons. The molecule has 0 bridgehead atoms.